The molecule has 220 valence electrons. The molecule has 0 aromatic heterocycles. The monoisotopic (exact) mass is 584 g/mol. The average Bonchev–Trinajstić information content (AvgIpc) is 3.17. The molecule has 2 aromatic rings. The van der Waals surface area contributed by atoms with Crippen LogP contribution in [0.4, 0.5) is 5.69 Å². The molecule has 1 aliphatic rings. The first-order valence-electron chi connectivity index (χ1n) is 13.7. The maximum Gasteiger partial charge on any atom is 0.344 e. The lowest BCUT2D eigenvalue weighted by Crippen LogP contribution is -2.42. The van der Waals surface area contributed by atoms with Crippen molar-refractivity contribution in [3.8, 4) is 0 Å². The van der Waals surface area contributed by atoms with Crippen LogP contribution in [0.3, 0.4) is 0 Å². The SMILES string of the molecule is C=C(CC(NC(=O)c1ccc(Cl)cc1)C(=O)OCC(=O)OCCCC1CCOCCC1C)c1ccccc1NC=O. The van der Waals surface area contributed by atoms with Gasteiger partial charge in [0.1, 0.15) is 6.04 Å². The quantitative estimate of drug-likeness (QED) is 0.181. The summed E-state index contributed by atoms with van der Waals surface area (Å²) in [5, 5.41) is 5.71. The van der Waals surface area contributed by atoms with Crippen LogP contribution in [-0.4, -0.2) is 56.7 Å². The predicted molar refractivity (Wildman–Crippen MR) is 156 cm³/mol. The van der Waals surface area contributed by atoms with Crippen LogP contribution in [0, 0.1) is 11.8 Å². The van der Waals surface area contributed by atoms with Crippen LogP contribution in [-0.2, 0) is 28.6 Å². The fourth-order valence-electron chi connectivity index (χ4n) is 4.73. The van der Waals surface area contributed by atoms with Gasteiger partial charge in [0.25, 0.3) is 5.91 Å². The average molecular weight is 585 g/mol. The Balaban J connectivity index is 1.58. The molecule has 0 saturated carbocycles. The molecule has 2 aromatic carbocycles. The second-order valence-electron chi connectivity index (χ2n) is 10.0. The van der Waals surface area contributed by atoms with Gasteiger partial charge in [0.15, 0.2) is 6.61 Å². The molecule has 1 fully saturated rings. The van der Waals surface area contributed by atoms with Crippen molar-refractivity contribution in [2.24, 2.45) is 11.8 Å². The third-order valence-electron chi connectivity index (χ3n) is 7.14. The van der Waals surface area contributed by atoms with Gasteiger partial charge in [-0.3, -0.25) is 9.59 Å². The highest BCUT2D eigenvalue weighted by Crippen LogP contribution is 2.27. The van der Waals surface area contributed by atoms with Gasteiger partial charge in [-0.2, -0.15) is 0 Å². The van der Waals surface area contributed by atoms with Gasteiger partial charge >= 0.3 is 11.9 Å². The Morgan fingerprint density at radius 2 is 1.83 bits per heavy atom. The number of amides is 2. The highest BCUT2D eigenvalue weighted by atomic mass is 35.5. The van der Waals surface area contributed by atoms with Gasteiger partial charge in [-0.15, -0.1) is 0 Å². The summed E-state index contributed by atoms with van der Waals surface area (Å²) in [5.74, 6) is -0.934. The molecule has 3 atom stereocenters. The molecule has 9 nitrogen and oxygen atoms in total. The van der Waals surface area contributed by atoms with E-state index in [1.807, 2.05) is 0 Å². The molecule has 2 N–H and O–H groups in total. The molecule has 2 amide bonds. The number of anilines is 1. The van der Waals surface area contributed by atoms with E-state index in [9.17, 15) is 19.2 Å². The minimum absolute atomic E-state index is 0.0337. The normalized spacial score (nSPS) is 17.4. The zero-order valence-electron chi connectivity index (χ0n) is 23.2. The molecule has 0 bridgehead atoms. The summed E-state index contributed by atoms with van der Waals surface area (Å²) in [6.45, 7) is 7.45. The molecular formula is C31H37ClN2O7. The Bertz CT molecular complexity index is 1200. The van der Waals surface area contributed by atoms with Crippen molar-refractivity contribution in [3.63, 3.8) is 0 Å². The minimum Gasteiger partial charge on any atom is -0.463 e. The zero-order chi connectivity index (χ0) is 29.6. The highest BCUT2D eigenvalue weighted by Gasteiger charge is 2.26. The molecule has 0 radical (unpaired) electrons. The summed E-state index contributed by atoms with van der Waals surface area (Å²) in [7, 11) is 0. The summed E-state index contributed by atoms with van der Waals surface area (Å²) in [6, 6.07) is 11.9. The van der Waals surface area contributed by atoms with Crippen molar-refractivity contribution in [1.82, 2.24) is 5.32 Å². The standard InChI is InChI=1S/C31H37ClN2O7/c1-21-13-16-39-17-14-23(21)6-5-15-40-29(36)19-41-31(38)28(34-30(37)24-9-11-25(32)12-10-24)18-22(2)26-7-3-4-8-27(26)33-20-35/h3-4,7-12,20-21,23,28H,2,5-6,13-19H2,1H3,(H,33,35)(H,34,37). The zero-order valence-corrected chi connectivity index (χ0v) is 24.0. The Morgan fingerprint density at radius 3 is 2.59 bits per heavy atom. The van der Waals surface area contributed by atoms with Crippen molar-refractivity contribution in [2.45, 2.75) is 45.1 Å². The van der Waals surface area contributed by atoms with Gasteiger partial charge in [-0.05, 0) is 73.4 Å². The first-order chi connectivity index (χ1) is 19.8. The fraction of sp³-hybridized carbons (Fsp3) is 0.419. The summed E-state index contributed by atoms with van der Waals surface area (Å²) < 4.78 is 16.1. The molecule has 41 heavy (non-hydrogen) atoms. The lowest BCUT2D eigenvalue weighted by atomic mass is 9.86. The number of hydrogen-bond donors (Lipinski definition) is 2. The van der Waals surface area contributed by atoms with Gasteiger partial charge in [0.2, 0.25) is 6.41 Å². The van der Waals surface area contributed by atoms with E-state index in [1.165, 1.54) is 12.1 Å². The second kappa shape index (κ2) is 16.5. The second-order valence-corrected chi connectivity index (χ2v) is 10.5. The van der Waals surface area contributed by atoms with Crippen LogP contribution in [0.5, 0.6) is 0 Å². The summed E-state index contributed by atoms with van der Waals surface area (Å²) in [4.78, 5) is 49.3. The van der Waals surface area contributed by atoms with Crippen LogP contribution in [0.15, 0.2) is 55.1 Å². The van der Waals surface area contributed by atoms with Crippen molar-refractivity contribution < 1.29 is 33.4 Å². The maximum absolute atomic E-state index is 13.1. The first kappa shape index (κ1) is 31.8. The van der Waals surface area contributed by atoms with E-state index in [1.54, 1.807) is 36.4 Å². The molecule has 3 unspecified atom stereocenters. The predicted octanol–water partition coefficient (Wildman–Crippen LogP) is 5.04. The largest absolute Gasteiger partial charge is 0.463 e. The molecular weight excluding hydrogens is 548 g/mol. The molecule has 0 aliphatic carbocycles. The topological polar surface area (TPSA) is 120 Å². The van der Waals surface area contributed by atoms with Gasteiger partial charge in [0.05, 0.1) is 6.61 Å². The number of esters is 2. The van der Waals surface area contributed by atoms with Gasteiger partial charge in [-0.25, -0.2) is 9.59 Å². The molecule has 10 heteroatoms. The molecule has 3 rings (SSSR count). The van der Waals surface area contributed by atoms with E-state index >= 15 is 0 Å². The molecule has 1 heterocycles. The highest BCUT2D eigenvalue weighted by molar-refractivity contribution is 6.30. The Morgan fingerprint density at radius 1 is 1.10 bits per heavy atom. The number of carbonyl (C=O) groups excluding carboxylic acids is 4. The van der Waals surface area contributed by atoms with Crippen LogP contribution in [0.2, 0.25) is 5.02 Å². The lowest BCUT2D eigenvalue weighted by Gasteiger charge is -2.20. The Hall–Kier alpha value is -3.69. The number of ether oxygens (including phenoxy) is 3. The van der Waals surface area contributed by atoms with Gasteiger partial charge in [-0.1, -0.05) is 43.3 Å². The summed E-state index contributed by atoms with van der Waals surface area (Å²) >= 11 is 5.92. The smallest absolute Gasteiger partial charge is 0.344 e. The fourth-order valence-corrected chi connectivity index (χ4v) is 4.86. The minimum atomic E-state index is -1.17. The third kappa shape index (κ3) is 10.3. The van der Waals surface area contributed by atoms with Crippen molar-refractivity contribution in [1.29, 1.82) is 0 Å². The van der Waals surface area contributed by atoms with Gasteiger partial charge < -0.3 is 24.8 Å². The van der Waals surface area contributed by atoms with Crippen LogP contribution in [0.1, 0.15) is 54.9 Å². The van der Waals surface area contributed by atoms with E-state index in [4.69, 9.17) is 25.8 Å². The molecule has 1 saturated heterocycles. The summed E-state index contributed by atoms with van der Waals surface area (Å²) in [5.41, 5.74) is 1.84. The van der Waals surface area contributed by atoms with Crippen molar-refractivity contribution in [3.05, 3.63) is 71.3 Å². The van der Waals surface area contributed by atoms with Gasteiger partial charge in [0, 0.05) is 41.5 Å². The lowest BCUT2D eigenvalue weighted by molar-refractivity contribution is -0.159. The molecule has 1 aliphatic heterocycles. The number of benzene rings is 2. The maximum atomic E-state index is 13.1. The van der Waals surface area contributed by atoms with Crippen LogP contribution in [0.25, 0.3) is 5.57 Å². The first-order valence-corrected chi connectivity index (χ1v) is 14.1. The number of halogens is 1. The van der Waals surface area contributed by atoms with E-state index < -0.39 is 30.5 Å². The van der Waals surface area contributed by atoms with Crippen LogP contribution < -0.4 is 10.6 Å². The van der Waals surface area contributed by atoms with E-state index in [-0.39, 0.29) is 18.6 Å². The van der Waals surface area contributed by atoms with Crippen LogP contribution >= 0.6 is 11.6 Å². The summed E-state index contributed by atoms with van der Waals surface area (Å²) in [6.07, 6.45) is 4.17. The number of rotatable bonds is 14. The van der Waals surface area contributed by atoms with E-state index in [2.05, 4.69) is 24.1 Å². The number of para-hydroxylation sites is 1. The number of nitrogens with one attached hydrogen (secondary N) is 2. The van der Waals surface area contributed by atoms with E-state index in [0.717, 1.165) is 32.5 Å². The van der Waals surface area contributed by atoms with Crippen molar-refractivity contribution >= 4 is 47.1 Å². The Labute approximate surface area is 245 Å². The number of carbonyl (C=O) groups is 4. The molecule has 0 spiro atoms. The number of hydrogen-bond acceptors (Lipinski definition) is 7. The third-order valence-corrected chi connectivity index (χ3v) is 7.39. The van der Waals surface area contributed by atoms with E-state index in [0.29, 0.717) is 46.5 Å². The van der Waals surface area contributed by atoms with Crippen molar-refractivity contribution in [2.75, 3.05) is 31.7 Å². The Kier molecular flexibility index (Phi) is 12.8.